The van der Waals surface area contributed by atoms with Gasteiger partial charge in [-0.25, -0.2) is 0 Å². The molecule has 2 aliphatic carbocycles. The van der Waals surface area contributed by atoms with Crippen molar-refractivity contribution in [2.75, 3.05) is 0 Å². The van der Waals surface area contributed by atoms with E-state index in [1.807, 2.05) is 12.2 Å². The Labute approximate surface area is 99.9 Å². The zero-order valence-corrected chi connectivity index (χ0v) is 9.57. The molecule has 1 aromatic heterocycles. The molecule has 88 valence electrons. The normalized spacial score (nSPS) is 21.8. The number of nitrogens with one attached hydrogen (secondary N) is 1. The fraction of sp³-hybridized carbons (Fsp3) is 0.357. The Morgan fingerprint density at radius 1 is 1.41 bits per heavy atom. The van der Waals surface area contributed by atoms with Crippen LogP contribution < -0.4 is 0 Å². The molecule has 0 saturated carbocycles. The number of hydrogen-bond donors (Lipinski definition) is 2. The van der Waals surface area contributed by atoms with Gasteiger partial charge in [-0.15, -0.1) is 0 Å². The van der Waals surface area contributed by atoms with Crippen LogP contribution in [0.1, 0.15) is 41.3 Å². The first-order valence-electron chi connectivity index (χ1n) is 6.07. The van der Waals surface area contributed by atoms with Gasteiger partial charge in [0.25, 0.3) is 0 Å². The Bertz CT molecular complexity index is 523. The number of hydrogen-bond acceptors (Lipinski definition) is 1. The third-order valence-electron chi connectivity index (χ3n) is 3.66. The average Bonchev–Trinajstić information content (AvgIpc) is 2.52. The van der Waals surface area contributed by atoms with Crippen LogP contribution in [0.15, 0.2) is 18.2 Å². The molecule has 3 rings (SSSR count). The Kier molecular flexibility index (Phi) is 2.39. The summed E-state index contributed by atoms with van der Waals surface area (Å²) in [5, 5.41) is 9.25. The van der Waals surface area contributed by atoms with Gasteiger partial charge in [0.2, 0.25) is 0 Å². The summed E-state index contributed by atoms with van der Waals surface area (Å²) >= 11 is 0. The van der Waals surface area contributed by atoms with Crippen LogP contribution >= 0.6 is 0 Å². The molecule has 17 heavy (non-hydrogen) atoms. The highest BCUT2D eigenvalue weighted by molar-refractivity contribution is 5.78. The van der Waals surface area contributed by atoms with E-state index in [9.17, 15) is 9.90 Å². The molecule has 1 unspecified atom stereocenters. The van der Waals surface area contributed by atoms with Crippen LogP contribution in [0.4, 0.5) is 0 Å². The van der Waals surface area contributed by atoms with Crippen molar-refractivity contribution in [1.29, 1.82) is 0 Å². The summed E-state index contributed by atoms with van der Waals surface area (Å²) in [5.41, 5.74) is 4.54. The lowest BCUT2D eigenvalue weighted by atomic mass is 9.86. The van der Waals surface area contributed by atoms with Crippen molar-refractivity contribution in [2.24, 2.45) is 0 Å². The average molecular weight is 229 g/mol. The lowest BCUT2D eigenvalue weighted by Crippen LogP contribution is -2.17. The van der Waals surface area contributed by atoms with Crippen LogP contribution in [0.3, 0.4) is 0 Å². The van der Waals surface area contributed by atoms with Crippen molar-refractivity contribution in [3.63, 3.8) is 0 Å². The molecule has 2 aliphatic rings. The summed E-state index contributed by atoms with van der Waals surface area (Å²) in [7, 11) is 0. The van der Waals surface area contributed by atoms with Crippen LogP contribution in [-0.4, -0.2) is 16.1 Å². The van der Waals surface area contributed by atoms with Crippen molar-refractivity contribution in [3.8, 4) is 0 Å². The Balaban J connectivity index is 2.12. The van der Waals surface area contributed by atoms with Crippen LogP contribution in [0.5, 0.6) is 0 Å². The lowest BCUT2D eigenvalue weighted by molar-refractivity contribution is -0.139. The molecular formula is C14H15NO2. The highest BCUT2D eigenvalue weighted by Gasteiger charge is 2.30. The van der Waals surface area contributed by atoms with E-state index >= 15 is 0 Å². The van der Waals surface area contributed by atoms with Crippen molar-refractivity contribution < 1.29 is 9.90 Å². The zero-order valence-electron chi connectivity index (χ0n) is 9.57. The van der Waals surface area contributed by atoms with Crippen molar-refractivity contribution in [2.45, 2.75) is 31.6 Å². The molecule has 1 atom stereocenters. The summed E-state index contributed by atoms with van der Waals surface area (Å²) in [6, 6.07) is 0. The van der Waals surface area contributed by atoms with E-state index in [1.54, 1.807) is 0 Å². The van der Waals surface area contributed by atoms with Gasteiger partial charge in [0.15, 0.2) is 0 Å². The maximum absolute atomic E-state index is 11.2. The summed E-state index contributed by atoms with van der Waals surface area (Å²) in [4.78, 5) is 14.6. The smallest absolute Gasteiger partial charge is 0.312 e. The minimum absolute atomic E-state index is 0.344. The summed E-state index contributed by atoms with van der Waals surface area (Å²) in [6.07, 6.45) is 11.8. The largest absolute Gasteiger partial charge is 0.481 e. The Hall–Kier alpha value is -1.77. The number of aromatic amines is 1. The maximum Gasteiger partial charge on any atom is 0.312 e. The first-order valence-corrected chi connectivity index (χ1v) is 6.07. The van der Waals surface area contributed by atoms with Gasteiger partial charge < -0.3 is 10.1 Å². The number of carbonyl (C=O) groups is 1. The molecular weight excluding hydrogens is 214 g/mol. The van der Waals surface area contributed by atoms with Gasteiger partial charge in [0.1, 0.15) is 0 Å². The molecule has 0 saturated heterocycles. The van der Waals surface area contributed by atoms with E-state index in [-0.39, 0.29) is 5.92 Å². The van der Waals surface area contributed by atoms with Gasteiger partial charge in [0, 0.05) is 17.8 Å². The minimum atomic E-state index is -0.707. The number of carboxylic acid groups (broad SMARTS) is 1. The molecule has 0 spiro atoms. The molecule has 0 amide bonds. The number of allylic oxidation sites excluding steroid dienone is 3. The second kappa shape index (κ2) is 3.91. The van der Waals surface area contributed by atoms with Gasteiger partial charge >= 0.3 is 5.97 Å². The highest BCUT2D eigenvalue weighted by Crippen LogP contribution is 2.36. The molecule has 1 heterocycles. The first kappa shape index (κ1) is 10.4. The highest BCUT2D eigenvalue weighted by atomic mass is 16.4. The number of carboxylic acids is 1. The number of rotatable bonds is 1. The van der Waals surface area contributed by atoms with Gasteiger partial charge in [-0.3, -0.25) is 4.79 Å². The quantitative estimate of drug-likeness (QED) is 0.777. The topological polar surface area (TPSA) is 53.1 Å². The van der Waals surface area contributed by atoms with Gasteiger partial charge in [-0.1, -0.05) is 24.3 Å². The lowest BCUT2D eigenvalue weighted by Gasteiger charge is -2.19. The molecule has 3 nitrogen and oxygen atoms in total. The summed E-state index contributed by atoms with van der Waals surface area (Å²) in [6.45, 7) is 0. The standard InChI is InChI=1S/C14H15NO2/c16-14(17)11-7-4-6-10-9-5-2-1-3-8-12(9)15-13(10)11/h1-3,5,11,15H,4,6-8H2,(H,16,17). The van der Waals surface area contributed by atoms with Gasteiger partial charge in [-0.05, 0) is 30.4 Å². The van der Waals surface area contributed by atoms with E-state index in [0.29, 0.717) is 0 Å². The van der Waals surface area contributed by atoms with Gasteiger partial charge in [-0.2, -0.15) is 0 Å². The SMILES string of the molecule is O=C(O)C1CCCc2c1[nH]c1c2C=CC=CC1. The third kappa shape index (κ3) is 1.62. The fourth-order valence-electron chi connectivity index (χ4n) is 2.85. The number of aromatic nitrogens is 1. The van der Waals surface area contributed by atoms with E-state index < -0.39 is 5.97 Å². The maximum atomic E-state index is 11.2. The second-order valence-electron chi connectivity index (χ2n) is 4.68. The Morgan fingerprint density at radius 3 is 3.12 bits per heavy atom. The minimum Gasteiger partial charge on any atom is -0.481 e. The number of aliphatic carboxylic acids is 1. The fourth-order valence-corrected chi connectivity index (χ4v) is 2.85. The van der Waals surface area contributed by atoms with Crippen LogP contribution in [-0.2, 0) is 17.6 Å². The molecule has 2 N–H and O–H groups in total. The molecule has 0 aromatic carbocycles. The summed E-state index contributed by atoms with van der Waals surface area (Å²) in [5.74, 6) is -1.05. The third-order valence-corrected chi connectivity index (χ3v) is 3.66. The first-order chi connectivity index (χ1) is 8.27. The van der Waals surface area contributed by atoms with Crippen LogP contribution in [0.25, 0.3) is 6.08 Å². The molecule has 3 heteroatoms. The van der Waals surface area contributed by atoms with Crippen LogP contribution in [0, 0.1) is 0 Å². The van der Waals surface area contributed by atoms with Crippen molar-refractivity contribution >= 4 is 12.0 Å². The molecule has 1 aromatic rings. The predicted molar refractivity (Wildman–Crippen MR) is 66.0 cm³/mol. The monoisotopic (exact) mass is 229 g/mol. The van der Waals surface area contributed by atoms with E-state index in [0.717, 1.165) is 37.1 Å². The van der Waals surface area contributed by atoms with Crippen molar-refractivity contribution in [3.05, 3.63) is 40.7 Å². The zero-order chi connectivity index (χ0) is 11.8. The molecule has 0 fully saturated rings. The van der Waals surface area contributed by atoms with E-state index in [4.69, 9.17) is 0 Å². The predicted octanol–water partition coefficient (Wildman–Crippen LogP) is 2.64. The number of fused-ring (bicyclic) bond motifs is 3. The van der Waals surface area contributed by atoms with Gasteiger partial charge in [0.05, 0.1) is 5.92 Å². The number of H-pyrrole nitrogens is 1. The summed E-state index contributed by atoms with van der Waals surface area (Å²) < 4.78 is 0. The Morgan fingerprint density at radius 2 is 2.29 bits per heavy atom. The molecule has 0 bridgehead atoms. The second-order valence-corrected chi connectivity index (χ2v) is 4.68. The van der Waals surface area contributed by atoms with Crippen LogP contribution in [0.2, 0.25) is 0 Å². The van der Waals surface area contributed by atoms with E-state index in [2.05, 4.69) is 17.1 Å². The molecule has 0 radical (unpaired) electrons. The van der Waals surface area contributed by atoms with E-state index in [1.165, 1.54) is 11.1 Å². The van der Waals surface area contributed by atoms with Crippen molar-refractivity contribution in [1.82, 2.24) is 4.98 Å². The molecule has 0 aliphatic heterocycles.